The van der Waals surface area contributed by atoms with Gasteiger partial charge in [0.2, 0.25) is 0 Å². The molecule has 0 saturated heterocycles. The Morgan fingerprint density at radius 2 is 2.24 bits per heavy atom. The van der Waals surface area contributed by atoms with E-state index in [0.29, 0.717) is 16.9 Å². The fourth-order valence-electron chi connectivity index (χ4n) is 3.32. The van der Waals surface area contributed by atoms with Gasteiger partial charge in [0.05, 0.1) is 6.61 Å². The monoisotopic (exact) mass is 290 g/mol. The van der Waals surface area contributed by atoms with E-state index >= 15 is 0 Å². The minimum Gasteiger partial charge on any atom is -0.464 e. The maximum Gasteiger partial charge on any atom is 0.339 e. The molecular formula is C18H26O3. The molecule has 0 amide bonds. The summed E-state index contributed by atoms with van der Waals surface area (Å²) in [6.07, 6.45) is 3.67. The third-order valence-electron chi connectivity index (χ3n) is 4.41. The summed E-state index contributed by atoms with van der Waals surface area (Å²) < 4.78 is 4.89. The van der Waals surface area contributed by atoms with Crippen molar-refractivity contribution in [3.63, 3.8) is 0 Å². The fraction of sp³-hybridized carbons (Fsp3) is 0.611. The lowest BCUT2D eigenvalue weighted by atomic mass is 9.70. The smallest absolute Gasteiger partial charge is 0.339 e. The van der Waals surface area contributed by atoms with E-state index in [0.717, 1.165) is 6.42 Å². The number of hydrogen-bond donors (Lipinski definition) is 1. The van der Waals surface area contributed by atoms with Crippen molar-refractivity contribution in [2.45, 2.75) is 58.5 Å². The number of aliphatic hydroxyl groups excluding tert-OH is 1. The molecule has 2 atom stereocenters. The number of ether oxygens (including phenoxy) is 1. The molecule has 0 aliphatic heterocycles. The minimum atomic E-state index is -1.18. The van der Waals surface area contributed by atoms with Gasteiger partial charge in [-0.25, -0.2) is 4.79 Å². The van der Waals surface area contributed by atoms with Crippen molar-refractivity contribution < 1.29 is 14.6 Å². The molecule has 21 heavy (non-hydrogen) atoms. The molecule has 1 saturated carbocycles. The Labute approximate surface area is 127 Å². The molecule has 1 aliphatic rings. The molecule has 3 nitrogen and oxygen atoms in total. The highest BCUT2D eigenvalue weighted by atomic mass is 16.5. The highest BCUT2D eigenvalue weighted by Crippen LogP contribution is 2.43. The van der Waals surface area contributed by atoms with Crippen LogP contribution >= 0.6 is 0 Å². The summed E-state index contributed by atoms with van der Waals surface area (Å²) in [5, 5.41) is 10.1. The second-order valence-electron chi connectivity index (χ2n) is 6.78. The average molecular weight is 290 g/mol. The van der Waals surface area contributed by atoms with Crippen LogP contribution in [0.1, 0.15) is 69.6 Å². The molecule has 0 heterocycles. The van der Waals surface area contributed by atoms with Crippen molar-refractivity contribution >= 4 is 5.97 Å². The zero-order chi connectivity index (χ0) is 15.5. The molecule has 0 bridgehead atoms. The summed E-state index contributed by atoms with van der Waals surface area (Å²) in [6.45, 7) is 6.66. The molecule has 3 heteroatoms. The zero-order valence-corrected chi connectivity index (χ0v) is 13.3. The lowest BCUT2D eigenvalue weighted by Crippen LogP contribution is -2.21. The highest BCUT2D eigenvalue weighted by molar-refractivity contribution is 5.76. The van der Waals surface area contributed by atoms with Gasteiger partial charge in [-0.15, -0.1) is 0 Å². The molecule has 116 valence electrons. The second-order valence-corrected chi connectivity index (χ2v) is 6.78. The number of hydrogen-bond acceptors (Lipinski definition) is 3. The molecule has 1 N–H and O–H groups in total. The Kier molecular flexibility index (Phi) is 5.04. The maximum atomic E-state index is 11.7. The molecule has 2 unspecified atom stereocenters. The van der Waals surface area contributed by atoms with Crippen LogP contribution in [-0.4, -0.2) is 17.7 Å². The standard InChI is InChI=1S/C18H26O3/c1-4-21-17(20)16(19)14-8-5-7-13(11-14)15-9-6-10-18(2,3)12-15/h5,7-8,11,15-16,19H,4,6,9-10,12H2,1-3H3. The number of rotatable bonds is 4. The Morgan fingerprint density at radius 1 is 1.48 bits per heavy atom. The van der Waals surface area contributed by atoms with Gasteiger partial charge in [0, 0.05) is 0 Å². The number of carbonyl (C=O) groups is 1. The van der Waals surface area contributed by atoms with Crippen LogP contribution < -0.4 is 0 Å². The van der Waals surface area contributed by atoms with Crippen molar-refractivity contribution in [2.24, 2.45) is 5.41 Å². The van der Waals surface area contributed by atoms with Crippen LogP contribution in [0.3, 0.4) is 0 Å². The van der Waals surface area contributed by atoms with Gasteiger partial charge in [-0.05, 0) is 48.6 Å². The topological polar surface area (TPSA) is 46.5 Å². The van der Waals surface area contributed by atoms with Crippen LogP contribution in [0.2, 0.25) is 0 Å². The summed E-state index contributed by atoms with van der Waals surface area (Å²) in [5.74, 6) is -0.0540. The van der Waals surface area contributed by atoms with Gasteiger partial charge < -0.3 is 9.84 Å². The number of carbonyl (C=O) groups excluding carboxylic acids is 1. The molecular weight excluding hydrogens is 264 g/mol. The van der Waals surface area contributed by atoms with Gasteiger partial charge in [-0.1, -0.05) is 44.5 Å². The lowest BCUT2D eigenvalue weighted by Gasteiger charge is -2.35. The van der Waals surface area contributed by atoms with E-state index in [1.807, 2.05) is 12.1 Å². The van der Waals surface area contributed by atoms with Crippen LogP contribution in [-0.2, 0) is 9.53 Å². The molecule has 0 aromatic heterocycles. The predicted octanol–water partition coefficient (Wildman–Crippen LogP) is 3.97. The van der Waals surface area contributed by atoms with Crippen molar-refractivity contribution in [3.05, 3.63) is 35.4 Å². The number of benzene rings is 1. The molecule has 0 spiro atoms. The molecule has 1 fully saturated rings. The van der Waals surface area contributed by atoms with E-state index in [-0.39, 0.29) is 6.61 Å². The Hall–Kier alpha value is -1.35. The van der Waals surface area contributed by atoms with E-state index in [1.165, 1.54) is 24.8 Å². The third kappa shape index (κ3) is 4.07. The van der Waals surface area contributed by atoms with Crippen LogP contribution in [0.4, 0.5) is 0 Å². The Bertz CT molecular complexity index is 493. The van der Waals surface area contributed by atoms with Gasteiger partial charge >= 0.3 is 5.97 Å². The molecule has 0 radical (unpaired) electrons. The first-order valence-corrected chi connectivity index (χ1v) is 7.87. The van der Waals surface area contributed by atoms with Gasteiger partial charge in [-0.2, -0.15) is 0 Å². The molecule has 1 aromatic rings. The third-order valence-corrected chi connectivity index (χ3v) is 4.41. The number of aliphatic hydroxyl groups is 1. The van der Waals surface area contributed by atoms with Crippen molar-refractivity contribution in [1.82, 2.24) is 0 Å². The van der Waals surface area contributed by atoms with E-state index in [4.69, 9.17) is 4.74 Å². The molecule has 2 rings (SSSR count). The van der Waals surface area contributed by atoms with Gasteiger partial charge in [0.15, 0.2) is 6.10 Å². The van der Waals surface area contributed by atoms with Crippen LogP contribution in [0.5, 0.6) is 0 Å². The van der Waals surface area contributed by atoms with E-state index in [9.17, 15) is 9.90 Å². The van der Waals surface area contributed by atoms with Crippen LogP contribution in [0, 0.1) is 5.41 Å². The van der Waals surface area contributed by atoms with Crippen molar-refractivity contribution in [1.29, 1.82) is 0 Å². The first-order valence-electron chi connectivity index (χ1n) is 7.87. The predicted molar refractivity (Wildman–Crippen MR) is 83.0 cm³/mol. The first-order chi connectivity index (χ1) is 9.93. The zero-order valence-electron chi connectivity index (χ0n) is 13.3. The summed E-state index contributed by atoms with van der Waals surface area (Å²) >= 11 is 0. The highest BCUT2D eigenvalue weighted by Gasteiger charge is 2.29. The average Bonchev–Trinajstić information content (AvgIpc) is 2.46. The first kappa shape index (κ1) is 16.0. The maximum absolute atomic E-state index is 11.7. The van der Waals surface area contributed by atoms with Crippen molar-refractivity contribution in [2.75, 3.05) is 6.61 Å². The normalized spacial score (nSPS) is 22.6. The summed E-state index contributed by atoms with van der Waals surface area (Å²) in [5.41, 5.74) is 2.23. The summed E-state index contributed by atoms with van der Waals surface area (Å²) in [7, 11) is 0. The SMILES string of the molecule is CCOC(=O)C(O)c1cccc(C2CCCC(C)(C)C2)c1. The van der Waals surface area contributed by atoms with E-state index in [1.54, 1.807) is 13.0 Å². The van der Waals surface area contributed by atoms with Gasteiger partial charge in [-0.3, -0.25) is 0 Å². The van der Waals surface area contributed by atoms with Gasteiger partial charge in [0.1, 0.15) is 0 Å². The number of esters is 1. The van der Waals surface area contributed by atoms with Gasteiger partial charge in [0.25, 0.3) is 0 Å². The Morgan fingerprint density at radius 3 is 2.90 bits per heavy atom. The van der Waals surface area contributed by atoms with E-state index < -0.39 is 12.1 Å². The largest absolute Gasteiger partial charge is 0.464 e. The fourth-order valence-corrected chi connectivity index (χ4v) is 3.32. The van der Waals surface area contributed by atoms with Crippen LogP contribution in [0.15, 0.2) is 24.3 Å². The second kappa shape index (κ2) is 6.61. The van der Waals surface area contributed by atoms with Crippen molar-refractivity contribution in [3.8, 4) is 0 Å². The summed E-state index contributed by atoms with van der Waals surface area (Å²) in [6, 6.07) is 7.79. The molecule has 1 aromatic carbocycles. The lowest BCUT2D eigenvalue weighted by molar-refractivity contribution is -0.153. The summed E-state index contributed by atoms with van der Waals surface area (Å²) in [4.78, 5) is 11.7. The van der Waals surface area contributed by atoms with E-state index in [2.05, 4.69) is 19.9 Å². The minimum absolute atomic E-state index is 0.284. The van der Waals surface area contributed by atoms with Crippen LogP contribution in [0.25, 0.3) is 0 Å². The Balaban J connectivity index is 2.15. The quantitative estimate of drug-likeness (QED) is 0.854. The molecule has 1 aliphatic carbocycles.